The quantitative estimate of drug-likeness (QED) is 0.513. The number of likely N-dealkylation sites (tertiary alicyclic amines) is 1. The van der Waals surface area contributed by atoms with Gasteiger partial charge in [-0.25, -0.2) is 15.0 Å². The lowest BCUT2D eigenvalue weighted by molar-refractivity contribution is -0.138. The molecule has 1 aliphatic rings. The number of aromatic nitrogens is 3. The van der Waals surface area contributed by atoms with Gasteiger partial charge >= 0.3 is 6.18 Å². The average molecular weight is 458 g/mol. The Morgan fingerprint density at radius 3 is 2.55 bits per heavy atom. The first-order valence-electron chi connectivity index (χ1n) is 11.6. The number of halogens is 3. The minimum Gasteiger partial charge on any atom is -0.365 e. The van der Waals surface area contributed by atoms with Crippen molar-refractivity contribution in [2.75, 3.05) is 25.0 Å². The zero-order valence-corrected chi connectivity index (χ0v) is 19.3. The highest BCUT2D eigenvalue weighted by molar-refractivity contribution is 5.87. The van der Waals surface area contributed by atoms with Gasteiger partial charge in [0.25, 0.3) is 0 Å². The first kappa shape index (κ1) is 23.4. The number of rotatable bonds is 6. The minimum absolute atomic E-state index is 0.227. The van der Waals surface area contributed by atoms with E-state index in [2.05, 4.69) is 40.1 Å². The monoisotopic (exact) mass is 457 g/mol. The third-order valence-electron chi connectivity index (χ3n) is 6.74. The van der Waals surface area contributed by atoms with Gasteiger partial charge in [-0.3, -0.25) is 0 Å². The zero-order valence-electron chi connectivity index (χ0n) is 19.3. The molecule has 176 valence electrons. The molecule has 0 bridgehead atoms. The molecule has 0 unspecified atom stereocenters. The summed E-state index contributed by atoms with van der Waals surface area (Å²) in [4.78, 5) is 16.1. The number of hydrogen-bond donors (Lipinski definition) is 1. The molecular weight excluding hydrogens is 427 g/mol. The van der Waals surface area contributed by atoms with Crippen molar-refractivity contribution in [1.29, 1.82) is 0 Å². The fraction of sp³-hybridized carbons (Fsp3) is 0.480. The molecule has 8 heteroatoms. The summed E-state index contributed by atoms with van der Waals surface area (Å²) in [6.45, 7) is 9.27. The predicted octanol–water partition coefficient (Wildman–Crippen LogP) is 5.73. The van der Waals surface area contributed by atoms with Crippen LogP contribution >= 0.6 is 0 Å². The van der Waals surface area contributed by atoms with E-state index in [0.717, 1.165) is 56.0 Å². The van der Waals surface area contributed by atoms with Crippen molar-refractivity contribution in [3.8, 4) is 0 Å². The van der Waals surface area contributed by atoms with E-state index in [9.17, 15) is 13.2 Å². The molecule has 1 aromatic carbocycles. The molecule has 1 aliphatic heterocycles. The predicted molar refractivity (Wildman–Crippen MR) is 124 cm³/mol. The summed E-state index contributed by atoms with van der Waals surface area (Å²) >= 11 is 0. The van der Waals surface area contributed by atoms with Gasteiger partial charge in [-0.2, -0.15) is 13.2 Å². The third kappa shape index (κ3) is 4.95. The molecule has 5 nitrogen and oxygen atoms in total. The summed E-state index contributed by atoms with van der Waals surface area (Å²) in [5.74, 6) is 1.04. The van der Waals surface area contributed by atoms with Crippen LogP contribution in [0.1, 0.15) is 60.6 Å². The standard InChI is InChI=1S/C25H30F3N5/c1-4-22-19(17-9-11-33(5-2)12-10-17)13-20-23(30-15-31-24(20)32-22)29-14-18-7-6-8-21(16(18)3)25(26,27)28/h6-8,13,15,17H,4-5,9-12,14H2,1-3H3,(H,29,30,31,32). The van der Waals surface area contributed by atoms with Gasteiger partial charge in [-0.05, 0) is 80.6 Å². The topological polar surface area (TPSA) is 53.9 Å². The summed E-state index contributed by atoms with van der Waals surface area (Å²) in [6, 6.07) is 6.42. The second-order valence-electron chi connectivity index (χ2n) is 8.62. The lowest BCUT2D eigenvalue weighted by Crippen LogP contribution is -2.33. The van der Waals surface area contributed by atoms with E-state index in [1.165, 1.54) is 24.9 Å². The molecule has 1 fully saturated rings. The van der Waals surface area contributed by atoms with Crippen molar-refractivity contribution in [2.24, 2.45) is 0 Å². The van der Waals surface area contributed by atoms with Crippen LogP contribution in [0, 0.1) is 6.92 Å². The largest absolute Gasteiger partial charge is 0.416 e. The smallest absolute Gasteiger partial charge is 0.365 e. The molecular formula is C25H30F3N5. The average Bonchev–Trinajstić information content (AvgIpc) is 2.81. The summed E-state index contributed by atoms with van der Waals surface area (Å²) in [6.07, 6.45) is 0.0945. The minimum atomic E-state index is -4.37. The Bertz CT molecular complexity index is 1120. The van der Waals surface area contributed by atoms with Gasteiger partial charge in [0.15, 0.2) is 5.65 Å². The third-order valence-corrected chi connectivity index (χ3v) is 6.74. The number of aryl methyl sites for hydroxylation is 1. The maximum Gasteiger partial charge on any atom is 0.416 e. The number of pyridine rings is 1. The lowest BCUT2D eigenvalue weighted by Gasteiger charge is -2.32. The molecule has 1 saturated heterocycles. The van der Waals surface area contributed by atoms with Gasteiger partial charge < -0.3 is 10.2 Å². The van der Waals surface area contributed by atoms with Crippen LogP contribution in [-0.4, -0.2) is 39.5 Å². The van der Waals surface area contributed by atoms with Gasteiger partial charge in [-0.15, -0.1) is 0 Å². The normalized spacial score (nSPS) is 15.8. The zero-order chi connectivity index (χ0) is 23.6. The van der Waals surface area contributed by atoms with Crippen LogP contribution < -0.4 is 5.32 Å². The number of nitrogens with one attached hydrogen (secondary N) is 1. The van der Waals surface area contributed by atoms with Crippen molar-refractivity contribution < 1.29 is 13.2 Å². The molecule has 0 spiro atoms. The number of hydrogen-bond acceptors (Lipinski definition) is 5. The van der Waals surface area contributed by atoms with Crippen LogP contribution in [-0.2, 0) is 19.1 Å². The van der Waals surface area contributed by atoms with Crippen LogP contribution in [0.2, 0.25) is 0 Å². The number of anilines is 1. The molecule has 2 aromatic heterocycles. The van der Waals surface area contributed by atoms with Crippen molar-refractivity contribution in [3.05, 3.63) is 58.5 Å². The Kier molecular flexibility index (Phi) is 6.83. The maximum absolute atomic E-state index is 13.3. The van der Waals surface area contributed by atoms with Gasteiger partial charge in [-0.1, -0.05) is 26.0 Å². The Morgan fingerprint density at radius 1 is 1.12 bits per heavy atom. The fourth-order valence-electron chi connectivity index (χ4n) is 4.74. The summed E-state index contributed by atoms with van der Waals surface area (Å²) in [7, 11) is 0. The van der Waals surface area contributed by atoms with E-state index in [1.54, 1.807) is 6.07 Å². The Labute approximate surface area is 192 Å². The Morgan fingerprint density at radius 2 is 1.88 bits per heavy atom. The van der Waals surface area contributed by atoms with Crippen LogP contribution in [0.3, 0.4) is 0 Å². The van der Waals surface area contributed by atoms with Gasteiger partial charge in [0.05, 0.1) is 10.9 Å². The highest BCUT2D eigenvalue weighted by Crippen LogP contribution is 2.35. The SMILES string of the molecule is CCc1nc2ncnc(NCc3cccc(C(F)(F)F)c3C)c2cc1C1CCN(CC)CC1. The fourth-order valence-corrected chi connectivity index (χ4v) is 4.74. The molecule has 3 heterocycles. The van der Waals surface area contributed by atoms with Gasteiger partial charge in [0, 0.05) is 12.2 Å². The summed E-state index contributed by atoms with van der Waals surface area (Å²) in [5, 5.41) is 4.05. The second kappa shape index (κ2) is 9.63. The lowest BCUT2D eigenvalue weighted by atomic mass is 9.87. The highest BCUT2D eigenvalue weighted by Gasteiger charge is 2.32. The number of alkyl halides is 3. The van der Waals surface area contributed by atoms with Crippen LogP contribution in [0.5, 0.6) is 0 Å². The van der Waals surface area contributed by atoms with Crippen LogP contribution in [0.15, 0.2) is 30.6 Å². The molecule has 33 heavy (non-hydrogen) atoms. The van der Waals surface area contributed by atoms with Crippen molar-refractivity contribution >= 4 is 16.9 Å². The first-order valence-corrected chi connectivity index (χ1v) is 11.6. The molecule has 0 amide bonds. The van der Waals surface area contributed by atoms with E-state index in [4.69, 9.17) is 4.98 Å². The second-order valence-corrected chi connectivity index (χ2v) is 8.62. The Hall–Kier alpha value is -2.74. The van der Waals surface area contributed by atoms with Crippen molar-refractivity contribution in [1.82, 2.24) is 19.9 Å². The van der Waals surface area contributed by atoms with E-state index < -0.39 is 11.7 Å². The van der Waals surface area contributed by atoms with Gasteiger partial charge in [0.2, 0.25) is 0 Å². The molecule has 4 rings (SSSR count). The maximum atomic E-state index is 13.3. The van der Waals surface area contributed by atoms with Crippen molar-refractivity contribution in [2.45, 2.75) is 58.7 Å². The van der Waals surface area contributed by atoms with Crippen molar-refractivity contribution in [3.63, 3.8) is 0 Å². The Balaban J connectivity index is 1.64. The summed E-state index contributed by atoms with van der Waals surface area (Å²) < 4.78 is 39.9. The molecule has 1 N–H and O–H groups in total. The van der Waals surface area contributed by atoms with Crippen LogP contribution in [0.25, 0.3) is 11.0 Å². The van der Waals surface area contributed by atoms with E-state index in [0.29, 0.717) is 22.9 Å². The van der Waals surface area contributed by atoms with Gasteiger partial charge in [0.1, 0.15) is 12.1 Å². The number of piperidine rings is 1. The first-order chi connectivity index (χ1) is 15.8. The van der Waals surface area contributed by atoms with Crippen LogP contribution in [0.4, 0.5) is 19.0 Å². The van der Waals surface area contributed by atoms with E-state index in [1.807, 2.05) is 0 Å². The molecule has 3 aromatic rings. The number of benzene rings is 1. The molecule has 0 atom stereocenters. The molecule has 0 aliphatic carbocycles. The van der Waals surface area contributed by atoms with E-state index in [-0.39, 0.29) is 12.1 Å². The van der Waals surface area contributed by atoms with E-state index >= 15 is 0 Å². The summed E-state index contributed by atoms with van der Waals surface area (Å²) in [5.41, 5.74) is 3.13. The highest BCUT2D eigenvalue weighted by atomic mass is 19.4. The molecule has 0 radical (unpaired) electrons. The molecule has 0 saturated carbocycles. The number of nitrogens with zero attached hydrogens (tertiary/aromatic N) is 4. The number of fused-ring (bicyclic) bond motifs is 1.